The SMILES string of the molecule is CO[C@@H]1C[C@H]2CN(C(=O)c3ccc4c(c3)OCCO4)C[C@H]2C[C@H]1N(C)C.O=CO. The maximum atomic E-state index is 13.0. The molecule has 1 aromatic carbocycles. The van der Waals surface area contributed by atoms with Gasteiger partial charge in [0, 0.05) is 31.8 Å². The summed E-state index contributed by atoms with van der Waals surface area (Å²) in [7, 11) is 6.03. The van der Waals surface area contributed by atoms with Crippen LogP contribution in [0.2, 0.25) is 0 Å². The van der Waals surface area contributed by atoms with Crippen LogP contribution in [0.1, 0.15) is 23.2 Å². The molecule has 160 valence electrons. The van der Waals surface area contributed by atoms with E-state index >= 15 is 0 Å². The molecule has 3 aliphatic rings. The van der Waals surface area contributed by atoms with Gasteiger partial charge in [0.2, 0.25) is 0 Å². The van der Waals surface area contributed by atoms with E-state index in [1.807, 2.05) is 23.1 Å². The average molecular weight is 406 g/mol. The number of likely N-dealkylation sites (N-methyl/N-ethyl adjacent to an activating group) is 1. The van der Waals surface area contributed by atoms with E-state index in [0.717, 1.165) is 31.7 Å². The summed E-state index contributed by atoms with van der Waals surface area (Å²) >= 11 is 0. The summed E-state index contributed by atoms with van der Waals surface area (Å²) in [5, 5.41) is 6.89. The van der Waals surface area contributed by atoms with Gasteiger partial charge in [-0.3, -0.25) is 9.59 Å². The molecule has 8 nitrogen and oxygen atoms in total. The van der Waals surface area contributed by atoms with Gasteiger partial charge < -0.3 is 29.1 Å². The van der Waals surface area contributed by atoms with Crippen LogP contribution in [-0.4, -0.2) is 86.9 Å². The summed E-state index contributed by atoms with van der Waals surface area (Å²) in [5.74, 6) is 2.56. The van der Waals surface area contributed by atoms with Crippen LogP contribution in [0.15, 0.2) is 18.2 Å². The quantitative estimate of drug-likeness (QED) is 0.763. The molecule has 4 rings (SSSR count). The van der Waals surface area contributed by atoms with Crippen molar-refractivity contribution in [3.63, 3.8) is 0 Å². The zero-order chi connectivity index (χ0) is 21.0. The van der Waals surface area contributed by atoms with Crippen LogP contribution in [0.4, 0.5) is 0 Å². The summed E-state index contributed by atoms with van der Waals surface area (Å²) in [6, 6.07) is 5.93. The molecule has 29 heavy (non-hydrogen) atoms. The molecule has 2 fully saturated rings. The van der Waals surface area contributed by atoms with Crippen LogP contribution in [-0.2, 0) is 9.53 Å². The third-order valence-corrected chi connectivity index (χ3v) is 6.13. The van der Waals surface area contributed by atoms with Crippen molar-refractivity contribution in [2.75, 3.05) is 47.5 Å². The summed E-state index contributed by atoms with van der Waals surface area (Å²) < 4.78 is 16.9. The number of hydrogen-bond donors (Lipinski definition) is 1. The lowest BCUT2D eigenvalue weighted by atomic mass is 9.77. The molecule has 4 atom stereocenters. The first-order chi connectivity index (χ1) is 14.0. The number of hydrogen-bond acceptors (Lipinski definition) is 6. The smallest absolute Gasteiger partial charge is 0.290 e. The van der Waals surface area contributed by atoms with E-state index in [1.165, 1.54) is 0 Å². The van der Waals surface area contributed by atoms with E-state index in [0.29, 0.717) is 42.4 Å². The highest BCUT2D eigenvalue weighted by Crippen LogP contribution is 2.39. The first kappa shape index (κ1) is 21.4. The maximum absolute atomic E-state index is 13.0. The number of fused-ring (bicyclic) bond motifs is 2. The molecule has 0 aromatic heterocycles. The van der Waals surface area contributed by atoms with Crippen LogP contribution >= 0.6 is 0 Å². The maximum Gasteiger partial charge on any atom is 0.290 e. The molecule has 1 aromatic rings. The molecule has 0 radical (unpaired) electrons. The van der Waals surface area contributed by atoms with Gasteiger partial charge in [0.15, 0.2) is 11.5 Å². The molecule has 1 N–H and O–H groups in total. The number of rotatable bonds is 3. The molecular weight excluding hydrogens is 376 g/mol. The zero-order valence-corrected chi connectivity index (χ0v) is 17.2. The number of benzene rings is 1. The molecular formula is C21H30N2O6. The van der Waals surface area contributed by atoms with Gasteiger partial charge in [0.25, 0.3) is 12.4 Å². The number of nitrogens with zero attached hydrogens (tertiary/aromatic N) is 2. The van der Waals surface area contributed by atoms with Gasteiger partial charge in [0.05, 0.1) is 6.10 Å². The van der Waals surface area contributed by atoms with Crippen LogP contribution < -0.4 is 9.47 Å². The van der Waals surface area contributed by atoms with E-state index in [-0.39, 0.29) is 18.5 Å². The lowest BCUT2D eigenvalue weighted by molar-refractivity contribution is -0.122. The van der Waals surface area contributed by atoms with E-state index < -0.39 is 0 Å². The Morgan fingerprint density at radius 3 is 2.41 bits per heavy atom. The van der Waals surface area contributed by atoms with Gasteiger partial charge in [-0.05, 0) is 57.0 Å². The molecule has 8 heteroatoms. The standard InChI is InChI=1S/C20H28N2O4.CH2O2/c1-21(2)16-8-14-11-22(12-15(14)10-18(16)24-3)20(23)13-4-5-17-19(9-13)26-7-6-25-17;2-1-3/h4-5,9,14-16,18H,6-8,10-12H2,1-3H3;1H,(H,2,3)/t14-,15+,16-,18-;/m1./s1. The van der Waals surface area contributed by atoms with Crippen LogP contribution in [0.25, 0.3) is 0 Å². The molecule has 2 aliphatic heterocycles. The Morgan fingerprint density at radius 2 is 1.79 bits per heavy atom. The Balaban J connectivity index is 0.000000755. The molecule has 1 saturated carbocycles. The van der Waals surface area contributed by atoms with Gasteiger partial charge in [-0.2, -0.15) is 0 Å². The van der Waals surface area contributed by atoms with Crippen molar-refractivity contribution in [3.05, 3.63) is 23.8 Å². The first-order valence-electron chi connectivity index (χ1n) is 9.94. The van der Waals surface area contributed by atoms with E-state index in [4.69, 9.17) is 24.1 Å². The summed E-state index contributed by atoms with van der Waals surface area (Å²) in [4.78, 5) is 25.7. The lowest BCUT2D eigenvalue weighted by Crippen LogP contribution is -2.47. The number of carbonyl (C=O) groups is 2. The molecule has 1 amide bonds. The number of ether oxygens (including phenoxy) is 3. The Morgan fingerprint density at radius 1 is 1.17 bits per heavy atom. The molecule has 0 spiro atoms. The fourth-order valence-corrected chi connectivity index (χ4v) is 4.71. The van der Waals surface area contributed by atoms with E-state index in [1.54, 1.807) is 7.11 Å². The molecule has 0 bridgehead atoms. The Bertz CT molecular complexity index is 725. The van der Waals surface area contributed by atoms with Crippen molar-refractivity contribution in [3.8, 4) is 11.5 Å². The van der Waals surface area contributed by atoms with Crippen LogP contribution in [0.5, 0.6) is 11.5 Å². The second-order valence-corrected chi connectivity index (χ2v) is 7.97. The van der Waals surface area contributed by atoms with Gasteiger partial charge in [-0.15, -0.1) is 0 Å². The lowest BCUT2D eigenvalue weighted by Gasteiger charge is -2.40. The van der Waals surface area contributed by atoms with Crippen molar-refractivity contribution in [1.82, 2.24) is 9.80 Å². The largest absolute Gasteiger partial charge is 0.486 e. The minimum atomic E-state index is -0.250. The molecule has 1 aliphatic carbocycles. The van der Waals surface area contributed by atoms with Crippen molar-refractivity contribution >= 4 is 12.4 Å². The van der Waals surface area contributed by atoms with Crippen molar-refractivity contribution in [2.45, 2.75) is 25.0 Å². The van der Waals surface area contributed by atoms with Crippen LogP contribution in [0.3, 0.4) is 0 Å². The topological polar surface area (TPSA) is 88.5 Å². The van der Waals surface area contributed by atoms with Crippen molar-refractivity contribution in [1.29, 1.82) is 0 Å². The normalized spacial score (nSPS) is 27.7. The summed E-state index contributed by atoms with van der Waals surface area (Å²) in [5.41, 5.74) is 0.681. The van der Waals surface area contributed by atoms with Gasteiger partial charge in [-0.25, -0.2) is 0 Å². The third kappa shape index (κ3) is 4.64. The minimum Gasteiger partial charge on any atom is -0.486 e. The van der Waals surface area contributed by atoms with E-state index in [9.17, 15) is 4.79 Å². The fourth-order valence-electron chi connectivity index (χ4n) is 4.71. The molecule has 2 heterocycles. The zero-order valence-electron chi connectivity index (χ0n) is 17.2. The van der Waals surface area contributed by atoms with E-state index in [2.05, 4.69) is 19.0 Å². The van der Waals surface area contributed by atoms with Crippen LogP contribution in [0, 0.1) is 11.8 Å². The predicted molar refractivity (Wildman–Crippen MR) is 107 cm³/mol. The third-order valence-electron chi connectivity index (χ3n) is 6.13. The monoisotopic (exact) mass is 406 g/mol. The second-order valence-electron chi connectivity index (χ2n) is 7.97. The number of methoxy groups -OCH3 is 1. The molecule has 1 saturated heterocycles. The average Bonchev–Trinajstić information content (AvgIpc) is 3.15. The number of carbonyl (C=O) groups excluding carboxylic acids is 1. The Hall–Kier alpha value is -2.32. The van der Waals surface area contributed by atoms with Crippen molar-refractivity contribution < 1.29 is 28.9 Å². The second kappa shape index (κ2) is 9.45. The van der Waals surface area contributed by atoms with Gasteiger partial charge in [0.1, 0.15) is 13.2 Å². The highest BCUT2D eigenvalue weighted by atomic mass is 16.6. The summed E-state index contributed by atoms with van der Waals surface area (Å²) in [6.45, 7) is 2.49. The van der Waals surface area contributed by atoms with Crippen molar-refractivity contribution in [2.24, 2.45) is 11.8 Å². The highest BCUT2D eigenvalue weighted by Gasteiger charge is 2.44. The Kier molecular flexibility index (Phi) is 6.97. The van der Waals surface area contributed by atoms with Gasteiger partial charge in [-0.1, -0.05) is 0 Å². The molecule has 0 unspecified atom stereocenters. The Labute approximate surface area is 171 Å². The summed E-state index contributed by atoms with van der Waals surface area (Å²) in [6.07, 6.45) is 2.35. The number of amides is 1. The van der Waals surface area contributed by atoms with Gasteiger partial charge >= 0.3 is 0 Å². The predicted octanol–water partition coefficient (Wildman–Crippen LogP) is 1.59. The highest BCUT2D eigenvalue weighted by molar-refractivity contribution is 5.95. The minimum absolute atomic E-state index is 0.0896. The first-order valence-corrected chi connectivity index (χ1v) is 9.94. The number of likely N-dealkylation sites (tertiary alicyclic amines) is 1. The fraction of sp³-hybridized carbons (Fsp3) is 0.619. The number of carboxylic acid groups (broad SMARTS) is 1.